The van der Waals surface area contributed by atoms with Crippen molar-refractivity contribution in [3.63, 3.8) is 0 Å². The highest BCUT2D eigenvalue weighted by atomic mass is 16.5. The average Bonchev–Trinajstić information content (AvgIpc) is 2.68. The SMILES string of the molecule is CNC(C)/C=C/c1cccc(Oc2ccccc2)c1.NC(=O)N(O)CC=O. The molecule has 1 unspecified atom stereocenters. The first kappa shape index (κ1) is 21.9. The maximum absolute atomic E-state index is 9.83. The molecule has 0 saturated heterocycles. The zero-order chi connectivity index (χ0) is 20.1. The van der Waals surface area contributed by atoms with E-state index in [4.69, 9.17) is 9.94 Å². The summed E-state index contributed by atoms with van der Waals surface area (Å²) in [6.07, 6.45) is 4.59. The summed E-state index contributed by atoms with van der Waals surface area (Å²) < 4.78 is 5.80. The molecule has 0 aliphatic carbocycles. The number of ether oxygens (including phenoxy) is 1. The molecule has 7 heteroatoms. The van der Waals surface area contributed by atoms with E-state index in [9.17, 15) is 9.59 Å². The van der Waals surface area contributed by atoms with E-state index in [1.54, 1.807) is 0 Å². The van der Waals surface area contributed by atoms with Gasteiger partial charge in [-0.1, -0.05) is 42.5 Å². The second kappa shape index (κ2) is 12.2. The number of primary amides is 1. The Hall–Kier alpha value is -3.16. The van der Waals surface area contributed by atoms with E-state index in [1.165, 1.54) is 0 Å². The molecule has 2 rings (SSSR count). The highest BCUT2D eigenvalue weighted by Gasteiger charge is 2.01. The third-order valence-corrected chi connectivity index (χ3v) is 3.37. The lowest BCUT2D eigenvalue weighted by molar-refractivity contribution is -0.115. The van der Waals surface area contributed by atoms with Gasteiger partial charge < -0.3 is 20.6 Å². The Balaban J connectivity index is 0.000000387. The zero-order valence-electron chi connectivity index (χ0n) is 15.4. The number of likely N-dealkylation sites (N-methyl/N-ethyl adjacent to an activating group) is 1. The molecule has 0 aromatic heterocycles. The summed E-state index contributed by atoms with van der Waals surface area (Å²) in [6, 6.07) is 17.2. The van der Waals surface area contributed by atoms with E-state index < -0.39 is 6.03 Å². The Labute approximate surface area is 159 Å². The number of para-hydroxylation sites is 1. The number of benzene rings is 2. The predicted molar refractivity (Wildman–Crippen MR) is 105 cm³/mol. The molecule has 2 aromatic rings. The van der Waals surface area contributed by atoms with Crippen molar-refractivity contribution >= 4 is 18.4 Å². The number of rotatable bonds is 7. The monoisotopic (exact) mass is 371 g/mol. The van der Waals surface area contributed by atoms with Crippen molar-refractivity contribution < 1.29 is 19.5 Å². The fourth-order valence-corrected chi connectivity index (χ4v) is 1.82. The molecule has 0 aliphatic heterocycles. The van der Waals surface area contributed by atoms with Crippen molar-refractivity contribution in [1.29, 1.82) is 0 Å². The minimum absolute atomic E-state index is 0.118. The quantitative estimate of drug-likeness (QED) is 0.394. The van der Waals surface area contributed by atoms with Crippen LogP contribution in [-0.2, 0) is 4.79 Å². The molecule has 0 heterocycles. The minimum atomic E-state index is -1.03. The number of hydrogen-bond donors (Lipinski definition) is 3. The van der Waals surface area contributed by atoms with Gasteiger partial charge in [-0.05, 0) is 43.8 Å². The van der Waals surface area contributed by atoms with Gasteiger partial charge in [0.05, 0.1) is 0 Å². The van der Waals surface area contributed by atoms with Crippen LogP contribution >= 0.6 is 0 Å². The number of carbonyl (C=O) groups excluding carboxylic acids is 2. The Morgan fingerprint density at radius 1 is 1.22 bits per heavy atom. The van der Waals surface area contributed by atoms with Gasteiger partial charge in [0.15, 0.2) is 0 Å². The van der Waals surface area contributed by atoms with Gasteiger partial charge in [0.2, 0.25) is 0 Å². The summed E-state index contributed by atoms with van der Waals surface area (Å²) in [6.45, 7) is 1.73. The molecule has 0 bridgehead atoms. The fourth-order valence-electron chi connectivity index (χ4n) is 1.82. The molecule has 2 amide bonds. The van der Waals surface area contributed by atoms with Crippen LogP contribution in [0.2, 0.25) is 0 Å². The van der Waals surface area contributed by atoms with E-state index in [0.717, 1.165) is 17.1 Å². The smallest absolute Gasteiger partial charge is 0.338 e. The number of urea groups is 1. The van der Waals surface area contributed by atoms with E-state index in [2.05, 4.69) is 36.2 Å². The number of hydroxylamine groups is 2. The molecular weight excluding hydrogens is 346 g/mol. The molecular formula is C20H25N3O4. The normalized spacial score (nSPS) is 11.2. The number of nitrogens with two attached hydrogens (primary N) is 1. The zero-order valence-corrected chi connectivity index (χ0v) is 15.4. The van der Waals surface area contributed by atoms with Crippen molar-refractivity contribution in [2.45, 2.75) is 13.0 Å². The van der Waals surface area contributed by atoms with Crippen molar-refractivity contribution in [3.05, 3.63) is 66.2 Å². The first-order valence-electron chi connectivity index (χ1n) is 8.34. The highest BCUT2D eigenvalue weighted by Crippen LogP contribution is 2.22. The maximum atomic E-state index is 9.83. The topological polar surface area (TPSA) is 105 Å². The molecule has 27 heavy (non-hydrogen) atoms. The van der Waals surface area contributed by atoms with Crippen LogP contribution in [0.4, 0.5) is 4.79 Å². The number of amides is 2. The van der Waals surface area contributed by atoms with Crippen LogP contribution in [0.15, 0.2) is 60.7 Å². The summed E-state index contributed by atoms with van der Waals surface area (Å²) >= 11 is 0. The minimum Gasteiger partial charge on any atom is -0.457 e. The molecule has 4 N–H and O–H groups in total. The van der Waals surface area contributed by atoms with Gasteiger partial charge in [0, 0.05) is 6.04 Å². The van der Waals surface area contributed by atoms with Gasteiger partial charge in [0.1, 0.15) is 24.3 Å². The lowest BCUT2D eigenvalue weighted by Gasteiger charge is -2.06. The van der Waals surface area contributed by atoms with Gasteiger partial charge in [-0.2, -0.15) is 5.06 Å². The standard InChI is InChI=1S/C17H19NO.C3H6N2O3/c1-14(18-2)11-12-15-7-6-10-17(13-15)19-16-8-4-3-5-9-16;4-3(7)5(8)1-2-6/h3-14,18H,1-2H3;2,8H,1H2,(H2,4,7)/b12-11+;. The van der Waals surface area contributed by atoms with Crippen LogP contribution < -0.4 is 15.8 Å². The Kier molecular flexibility index (Phi) is 9.92. The first-order chi connectivity index (χ1) is 13.0. The lowest BCUT2D eigenvalue weighted by atomic mass is 10.1. The molecule has 1 atom stereocenters. The highest BCUT2D eigenvalue weighted by molar-refractivity contribution is 5.73. The molecule has 7 nitrogen and oxygen atoms in total. The third kappa shape index (κ3) is 9.20. The Bertz CT molecular complexity index is 735. The lowest BCUT2D eigenvalue weighted by Crippen LogP contribution is -2.33. The van der Waals surface area contributed by atoms with Gasteiger partial charge in [-0.25, -0.2) is 4.79 Å². The second-order valence-electron chi connectivity index (χ2n) is 5.51. The molecule has 0 aliphatic rings. The summed E-state index contributed by atoms with van der Waals surface area (Å²) in [5.74, 6) is 1.71. The molecule has 0 spiro atoms. The number of nitrogens with one attached hydrogen (secondary N) is 1. The van der Waals surface area contributed by atoms with Crippen LogP contribution in [0.1, 0.15) is 12.5 Å². The number of nitrogens with zero attached hydrogens (tertiary/aromatic N) is 1. The van der Waals surface area contributed by atoms with E-state index >= 15 is 0 Å². The van der Waals surface area contributed by atoms with Crippen molar-refractivity contribution in [1.82, 2.24) is 10.4 Å². The van der Waals surface area contributed by atoms with Crippen molar-refractivity contribution in [2.24, 2.45) is 5.73 Å². The van der Waals surface area contributed by atoms with Gasteiger partial charge in [-0.3, -0.25) is 5.21 Å². The van der Waals surface area contributed by atoms with E-state index in [1.807, 2.05) is 55.6 Å². The maximum Gasteiger partial charge on any atom is 0.338 e. The number of hydrogen-bond acceptors (Lipinski definition) is 5. The fraction of sp³-hybridized carbons (Fsp3) is 0.200. The summed E-state index contributed by atoms with van der Waals surface area (Å²) in [5.41, 5.74) is 5.63. The largest absolute Gasteiger partial charge is 0.457 e. The Morgan fingerprint density at radius 3 is 2.44 bits per heavy atom. The molecule has 0 radical (unpaired) electrons. The average molecular weight is 371 g/mol. The molecule has 144 valence electrons. The molecule has 0 saturated carbocycles. The molecule has 2 aromatic carbocycles. The van der Waals surface area contributed by atoms with Crippen molar-refractivity contribution in [3.8, 4) is 11.5 Å². The Morgan fingerprint density at radius 2 is 1.89 bits per heavy atom. The van der Waals surface area contributed by atoms with Crippen LogP contribution in [0.5, 0.6) is 11.5 Å². The molecule has 0 fully saturated rings. The first-order valence-corrected chi connectivity index (χ1v) is 8.34. The van der Waals surface area contributed by atoms with Gasteiger partial charge in [-0.15, -0.1) is 0 Å². The van der Waals surface area contributed by atoms with E-state index in [-0.39, 0.29) is 11.6 Å². The van der Waals surface area contributed by atoms with Crippen LogP contribution in [-0.4, -0.2) is 42.2 Å². The number of aldehydes is 1. The van der Waals surface area contributed by atoms with Crippen LogP contribution in [0, 0.1) is 0 Å². The predicted octanol–water partition coefficient (Wildman–Crippen LogP) is 3.06. The van der Waals surface area contributed by atoms with Crippen LogP contribution in [0.25, 0.3) is 6.08 Å². The van der Waals surface area contributed by atoms with Crippen molar-refractivity contribution in [2.75, 3.05) is 13.6 Å². The van der Waals surface area contributed by atoms with Gasteiger partial charge in [0.25, 0.3) is 0 Å². The van der Waals surface area contributed by atoms with Crippen LogP contribution in [0.3, 0.4) is 0 Å². The second-order valence-corrected chi connectivity index (χ2v) is 5.51. The number of carbonyl (C=O) groups is 2. The summed E-state index contributed by atoms with van der Waals surface area (Å²) in [5, 5.41) is 11.5. The summed E-state index contributed by atoms with van der Waals surface area (Å²) in [7, 11) is 1.95. The summed E-state index contributed by atoms with van der Waals surface area (Å²) in [4.78, 5) is 19.3. The third-order valence-electron chi connectivity index (χ3n) is 3.37. The van der Waals surface area contributed by atoms with Gasteiger partial charge >= 0.3 is 6.03 Å². The van der Waals surface area contributed by atoms with E-state index in [0.29, 0.717) is 12.3 Å².